The van der Waals surface area contributed by atoms with E-state index in [4.69, 9.17) is 0 Å². The van der Waals surface area contributed by atoms with E-state index in [1.165, 1.54) is 0 Å². The van der Waals surface area contributed by atoms with Crippen LogP contribution >= 0.6 is 15.9 Å². The molecule has 1 N–H and O–H groups in total. The van der Waals surface area contributed by atoms with Crippen molar-refractivity contribution in [3.05, 3.63) is 34.1 Å². The Labute approximate surface area is 98.2 Å². The minimum atomic E-state index is -0.0647. The van der Waals surface area contributed by atoms with Crippen LogP contribution < -0.4 is 5.32 Å². The van der Waals surface area contributed by atoms with Crippen LogP contribution in [0.15, 0.2) is 22.7 Å². The Hall–Kier alpha value is -0.410. The number of halogens is 2. The Balaban J connectivity index is 2.22. The van der Waals surface area contributed by atoms with Gasteiger partial charge < -0.3 is 5.32 Å². The van der Waals surface area contributed by atoms with Crippen molar-refractivity contribution in [2.75, 3.05) is 13.1 Å². The molecule has 1 saturated heterocycles. The van der Waals surface area contributed by atoms with Crippen LogP contribution in [-0.2, 0) is 0 Å². The third kappa shape index (κ3) is 2.79. The summed E-state index contributed by atoms with van der Waals surface area (Å²) in [5.41, 5.74) is 0.869. The molecule has 1 aromatic rings. The van der Waals surface area contributed by atoms with Crippen LogP contribution in [-0.4, -0.2) is 13.1 Å². The molecule has 1 aliphatic heterocycles. The standard InChI is InChI=1S/C12H15BrFN/c13-10-3-4-12(14)11(8-10)9-2-1-6-15-7-5-9/h3-4,8-9,15H,1-2,5-7H2. The quantitative estimate of drug-likeness (QED) is 0.825. The van der Waals surface area contributed by atoms with Crippen molar-refractivity contribution >= 4 is 15.9 Å². The first kappa shape index (κ1) is 11.1. The molecule has 1 aliphatic rings. The van der Waals surface area contributed by atoms with Crippen LogP contribution in [0.3, 0.4) is 0 Å². The van der Waals surface area contributed by atoms with Gasteiger partial charge in [-0.3, -0.25) is 0 Å². The van der Waals surface area contributed by atoms with Gasteiger partial charge in [-0.2, -0.15) is 0 Å². The van der Waals surface area contributed by atoms with Crippen LogP contribution in [0.1, 0.15) is 30.7 Å². The molecule has 0 radical (unpaired) electrons. The van der Waals surface area contributed by atoms with Crippen LogP contribution in [0.25, 0.3) is 0 Å². The lowest BCUT2D eigenvalue weighted by atomic mass is 9.92. The topological polar surface area (TPSA) is 12.0 Å². The zero-order valence-electron chi connectivity index (χ0n) is 8.60. The maximum absolute atomic E-state index is 13.6. The van der Waals surface area contributed by atoms with Gasteiger partial charge in [-0.05, 0) is 62.0 Å². The lowest BCUT2D eigenvalue weighted by Crippen LogP contribution is -2.14. The molecule has 0 amide bonds. The highest BCUT2D eigenvalue weighted by molar-refractivity contribution is 9.10. The highest BCUT2D eigenvalue weighted by Gasteiger charge is 2.17. The fraction of sp³-hybridized carbons (Fsp3) is 0.500. The number of nitrogens with one attached hydrogen (secondary N) is 1. The third-order valence-electron chi connectivity index (χ3n) is 2.97. The summed E-state index contributed by atoms with van der Waals surface area (Å²) in [7, 11) is 0. The summed E-state index contributed by atoms with van der Waals surface area (Å²) < 4.78 is 14.6. The Bertz CT molecular complexity index is 332. The van der Waals surface area contributed by atoms with Gasteiger partial charge in [0.05, 0.1) is 0 Å². The summed E-state index contributed by atoms with van der Waals surface area (Å²) in [6, 6.07) is 5.23. The molecule has 2 rings (SSSR count). The zero-order chi connectivity index (χ0) is 10.7. The first-order valence-corrected chi connectivity index (χ1v) is 6.22. The Kier molecular flexibility index (Phi) is 3.76. The van der Waals surface area contributed by atoms with E-state index in [9.17, 15) is 4.39 Å². The molecule has 0 aromatic heterocycles. The molecule has 82 valence electrons. The molecule has 0 aliphatic carbocycles. The van der Waals surface area contributed by atoms with E-state index in [-0.39, 0.29) is 5.82 Å². The first-order chi connectivity index (χ1) is 7.27. The van der Waals surface area contributed by atoms with E-state index in [2.05, 4.69) is 21.2 Å². The number of hydrogen-bond donors (Lipinski definition) is 1. The van der Waals surface area contributed by atoms with Crippen LogP contribution in [0.5, 0.6) is 0 Å². The lowest BCUT2D eigenvalue weighted by Gasteiger charge is -2.15. The van der Waals surface area contributed by atoms with Crippen molar-refractivity contribution in [2.24, 2.45) is 0 Å². The Morgan fingerprint density at radius 3 is 3.00 bits per heavy atom. The average Bonchev–Trinajstić information content (AvgIpc) is 2.50. The highest BCUT2D eigenvalue weighted by atomic mass is 79.9. The summed E-state index contributed by atoms with van der Waals surface area (Å²) >= 11 is 3.40. The van der Waals surface area contributed by atoms with Crippen molar-refractivity contribution in [1.29, 1.82) is 0 Å². The summed E-state index contributed by atoms with van der Waals surface area (Å²) in [6.07, 6.45) is 3.25. The van der Waals surface area contributed by atoms with Gasteiger partial charge in [-0.1, -0.05) is 15.9 Å². The van der Waals surface area contributed by atoms with Gasteiger partial charge >= 0.3 is 0 Å². The van der Waals surface area contributed by atoms with Gasteiger partial charge in [0.15, 0.2) is 0 Å². The second-order valence-electron chi connectivity index (χ2n) is 4.04. The summed E-state index contributed by atoms with van der Waals surface area (Å²) in [6.45, 7) is 2.06. The number of benzene rings is 1. The molecule has 0 spiro atoms. The molecule has 1 heterocycles. The maximum atomic E-state index is 13.6. The van der Waals surface area contributed by atoms with Gasteiger partial charge in [-0.25, -0.2) is 4.39 Å². The van der Waals surface area contributed by atoms with E-state index < -0.39 is 0 Å². The minimum absolute atomic E-state index is 0.0647. The van der Waals surface area contributed by atoms with E-state index in [0.717, 1.165) is 42.4 Å². The SMILES string of the molecule is Fc1ccc(Br)cc1C1CCCNCC1. The van der Waals surface area contributed by atoms with Crippen molar-refractivity contribution < 1.29 is 4.39 Å². The molecule has 1 fully saturated rings. The summed E-state index contributed by atoms with van der Waals surface area (Å²) in [5, 5.41) is 3.35. The van der Waals surface area contributed by atoms with Gasteiger partial charge in [-0.15, -0.1) is 0 Å². The zero-order valence-corrected chi connectivity index (χ0v) is 10.2. The predicted molar refractivity (Wildman–Crippen MR) is 63.6 cm³/mol. The number of rotatable bonds is 1. The number of hydrogen-bond acceptors (Lipinski definition) is 1. The maximum Gasteiger partial charge on any atom is 0.126 e. The van der Waals surface area contributed by atoms with Crippen molar-refractivity contribution in [3.8, 4) is 0 Å². The second kappa shape index (κ2) is 5.08. The predicted octanol–water partition coefficient (Wildman–Crippen LogP) is 3.45. The van der Waals surface area contributed by atoms with Crippen LogP contribution in [0.2, 0.25) is 0 Å². The summed E-state index contributed by atoms with van der Waals surface area (Å²) in [5.74, 6) is 0.308. The van der Waals surface area contributed by atoms with E-state index in [0.29, 0.717) is 5.92 Å². The fourth-order valence-electron chi connectivity index (χ4n) is 2.16. The van der Waals surface area contributed by atoms with E-state index in [1.807, 2.05) is 6.07 Å². The first-order valence-electron chi connectivity index (χ1n) is 5.43. The van der Waals surface area contributed by atoms with Gasteiger partial charge in [0.2, 0.25) is 0 Å². The smallest absolute Gasteiger partial charge is 0.126 e. The Morgan fingerprint density at radius 2 is 2.13 bits per heavy atom. The molecule has 0 bridgehead atoms. The molecule has 1 nitrogen and oxygen atoms in total. The molecular weight excluding hydrogens is 257 g/mol. The van der Waals surface area contributed by atoms with E-state index >= 15 is 0 Å². The van der Waals surface area contributed by atoms with Crippen molar-refractivity contribution in [3.63, 3.8) is 0 Å². The largest absolute Gasteiger partial charge is 0.317 e. The molecule has 1 atom stereocenters. The summed E-state index contributed by atoms with van der Waals surface area (Å²) in [4.78, 5) is 0. The lowest BCUT2D eigenvalue weighted by molar-refractivity contribution is 0.545. The molecular formula is C12H15BrFN. The molecule has 3 heteroatoms. The minimum Gasteiger partial charge on any atom is -0.317 e. The average molecular weight is 272 g/mol. The van der Waals surface area contributed by atoms with Gasteiger partial charge in [0, 0.05) is 4.47 Å². The van der Waals surface area contributed by atoms with Crippen molar-refractivity contribution in [2.45, 2.75) is 25.2 Å². The van der Waals surface area contributed by atoms with Crippen LogP contribution in [0, 0.1) is 5.82 Å². The highest BCUT2D eigenvalue weighted by Crippen LogP contribution is 2.30. The Morgan fingerprint density at radius 1 is 1.27 bits per heavy atom. The van der Waals surface area contributed by atoms with Crippen LogP contribution in [0.4, 0.5) is 4.39 Å². The van der Waals surface area contributed by atoms with Gasteiger partial charge in [0.1, 0.15) is 5.82 Å². The van der Waals surface area contributed by atoms with Crippen molar-refractivity contribution in [1.82, 2.24) is 5.32 Å². The molecule has 1 unspecified atom stereocenters. The normalized spacial score (nSPS) is 22.4. The molecule has 15 heavy (non-hydrogen) atoms. The molecule has 0 saturated carbocycles. The van der Waals surface area contributed by atoms with Gasteiger partial charge in [0.25, 0.3) is 0 Å². The fourth-order valence-corrected chi connectivity index (χ4v) is 2.54. The third-order valence-corrected chi connectivity index (χ3v) is 3.47. The monoisotopic (exact) mass is 271 g/mol. The second-order valence-corrected chi connectivity index (χ2v) is 4.96. The molecule has 1 aromatic carbocycles. The van der Waals surface area contributed by atoms with E-state index in [1.54, 1.807) is 12.1 Å².